The second-order valence-corrected chi connectivity index (χ2v) is 5.33. The number of pyridine rings is 1. The van der Waals surface area contributed by atoms with Crippen molar-refractivity contribution in [3.05, 3.63) is 48.6 Å². The van der Waals surface area contributed by atoms with E-state index >= 15 is 0 Å². The molecule has 0 fully saturated rings. The topological polar surface area (TPSA) is 84.1 Å². The molecule has 0 saturated carbocycles. The Bertz CT molecular complexity index is 669. The second-order valence-electron chi connectivity index (χ2n) is 4.35. The third kappa shape index (κ3) is 3.26. The summed E-state index contributed by atoms with van der Waals surface area (Å²) in [5, 5.41) is 22.1. The highest BCUT2D eigenvalue weighted by atomic mass is 32.1. The normalized spacial score (nSPS) is 12.2. The van der Waals surface area contributed by atoms with Crippen LogP contribution in [0.5, 0.6) is 0 Å². The highest BCUT2D eigenvalue weighted by molar-refractivity contribution is 7.18. The zero-order valence-corrected chi connectivity index (χ0v) is 12.0. The number of hydrogen-bond donors (Lipinski definition) is 2. The van der Waals surface area contributed by atoms with E-state index < -0.39 is 0 Å². The molecule has 3 aromatic rings. The Labute approximate surface area is 125 Å². The summed E-state index contributed by atoms with van der Waals surface area (Å²) in [5.74, 6) is 0.763. The van der Waals surface area contributed by atoms with Crippen molar-refractivity contribution in [1.29, 1.82) is 0 Å². The first-order valence-electron chi connectivity index (χ1n) is 6.52. The molecule has 6 nitrogen and oxygen atoms in total. The lowest BCUT2D eigenvalue weighted by Gasteiger charge is -2.13. The van der Waals surface area contributed by atoms with Gasteiger partial charge in [0.1, 0.15) is 11.5 Å². The molecule has 3 rings (SSSR count). The van der Waals surface area contributed by atoms with Crippen molar-refractivity contribution in [2.75, 3.05) is 11.9 Å². The van der Waals surface area contributed by atoms with E-state index in [0.29, 0.717) is 11.6 Å². The number of aromatic nitrogens is 3. The lowest BCUT2D eigenvalue weighted by molar-refractivity contribution is 0.273. The molecule has 0 bridgehead atoms. The maximum absolute atomic E-state index is 9.17. The van der Waals surface area contributed by atoms with E-state index in [1.807, 2.05) is 30.3 Å². The standard InChI is InChI=1S/C14H14N4O2S/c19-8-6-10(12-5-3-9-20-12)16-14-18-17-13(21-14)11-4-1-2-7-15-11/h1-5,7,9-10,19H,6,8H2,(H,16,18). The number of aliphatic hydroxyl groups is 1. The lowest BCUT2D eigenvalue weighted by Crippen LogP contribution is -2.11. The van der Waals surface area contributed by atoms with Gasteiger partial charge in [-0.3, -0.25) is 4.98 Å². The Kier molecular flexibility index (Phi) is 4.23. The van der Waals surface area contributed by atoms with E-state index in [1.54, 1.807) is 12.5 Å². The van der Waals surface area contributed by atoms with Gasteiger partial charge in [-0.15, -0.1) is 10.2 Å². The number of furan rings is 1. The maximum atomic E-state index is 9.17. The van der Waals surface area contributed by atoms with Crippen LogP contribution >= 0.6 is 11.3 Å². The fourth-order valence-electron chi connectivity index (χ4n) is 1.93. The first kappa shape index (κ1) is 13.7. The number of anilines is 1. The minimum atomic E-state index is -0.130. The first-order valence-corrected chi connectivity index (χ1v) is 7.34. The van der Waals surface area contributed by atoms with Crippen LogP contribution in [0.2, 0.25) is 0 Å². The molecule has 2 N–H and O–H groups in total. The first-order chi connectivity index (χ1) is 10.4. The van der Waals surface area contributed by atoms with Gasteiger partial charge in [-0.25, -0.2) is 0 Å². The molecule has 7 heteroatoms. The number of aliphatic hydroxyl groups excluding tert-OH is 1. The molecule has 0 radical (unpaired) electrons. The Balaban J connectivity index is 1.77. The van der Waals surface area contributed by atoms with E-state index in [-0.39, 0.29) is 12.6 Å². The maximum Gasteiger partial charge on any atom is 0.206 e. The average Bonchev–Trinajstić information content (AvgIpc) is 3.19. The van der Waals surface area contributed by atoms with Crippen LogP contribution in [-0.2, 0) is 0 Å². The summed E-state index contributed by atoms with van der Waals surface area (Å²) in [6.45, 7) is 0.0598. The van der Waals surface area contributed by atoms with Crippen LogP contribution in [0.15, 0.2) is 47.2 Å². The van der Waals surface area contributed by atoms with E-state index in [0.717, 1.165) is 16.5 Å². The Morgan fingerprint density at radius 3 is 2.90 bits per heavy atom. The van der Waals surface area contributed by atoms with Crippen LogP contribution in [0.4, 0.5) is 5.13 Å². The van der Waals surface area contributed by atoms with Gasteiger partial charge in [-0.1, -0.05) is 17.4 Å². The Morgan fingerprint density at radius 2 is 2.19 bits per heavy atom. The summed E-state index contributed by atoms with van der Waals surface area (Å²) in [4.78, 5) is 4.25. The summed E-state index contributed by atoms with van der Waals surface area (Å²) in [7, 11) is 0. The summed E-state index contributed by atoms with van der Waals surface area (Å²) >= 11 is 1.42. The van der Waals surface area contributed by atoms with Crippen LogP contribution in [0.1, 0.15) is 18.2 Å². The van der Waals surface area contributed by atoms with Crippen LogP contribution < -0.4 is 5.32 Å². The minimum absolute atomic E-state index is 0.0598. The number of hydrogen-bond acceptors (Lipinski definition) is 7. The molecule has 0 amide bonds. The summed E-state index contributed by atoms with van der Waals surface area (Å²) < 4.78 is 5.38. The molecule has 0 aliphatic heterocycles. The molecule has 0 aliphatic carbocycles. The number of nitrogens with zero attached hydrogens (tertiary/aromatic N) is 3. The SMILES string of the molecule is OCCC(Nc1nnc(-c2ccccn2)s1)c1ccco1. The largest absolute Gasteiger partial charge is 0.467 e. The van der Waals surface area contributed by atoms with Crippen molar-refractivity contribution >= 4 is 16.5 Å². The van der Waals surface area contributed by atoms with Gasteiger partial charge in [0.2, 0.25) is 5.13 Å². The molecule has 1 atom stereocenters. The summed E-state index contributed by atoms with van der Waals surface area (Å²) in [6.07, 6.45) is 3.87. The predicted octanol–water partition coefficient (Wildman–Crippen LogP) is 2.73. The fourth-order valence-corrected chi connectivity index (χ4v) is 2.70. The zero-order chi connectivity index (χ0) is 14.5. The fraction of sp³-hybridized carbons (Fsp3) is 0.214. The highest BCUT2D eigenvalue weighted by Crippen LogP contribution is 2.28. The second kappa shape index (κ2) is 6.47. The van der Waals surface area contributed by atoms with E-state index in [1.165, 1.54) is 11.3 Å². The molecule has 0 saturated heterocycles. The highest BCUT2D eigenvalue weighted by Gasteiger charge is 2.16. The third-order valence-corrected chi connectivity index (χ3v) is 3.79. The number of nitrogens with one attached hydrogen (secondary N) is 1. The van der Waals surface area contributed by atoms with Crippen LogP contribution in [-0.4, -0.2) is 26.9 Å². The molecular formula is C14H14N4O2S. The smallest absolute Gasteiger partial charge is 0.206 e. The molecule has 0 aromatic carbocycles. The molecular weight excluding hydrogens is 288 g/mol. The van der Waals surface area contributed by atoms with Gasteiger partial charge in [0.25, 0.3) is 0 Å². The molecule has 0 aliphatic rings. The molecule has 21 heavy (non-hydrogen) atoms. The van der Waals surface area contributed by atoms with Gasteiger partial charge in [0.05, 0.1) is 12.3 Å². The molecule has 0 spiro atoms. The zero-order valence-electron chi connectivity index (χ0n) is 11.1. The number of rotatable bonds is 6. The molecule has 3 aromatic heterocycles. The van der Waals surface area contributed by atoms with Crippen LogP contribution in [0.3, 0.4) is 0 Å². The van der Waals surface area contributed by atoms with Crippen molar-refractivity contribution in [3.8, 4) is 10.7 Å². The van der Waals surface area contributed by atoms with Crippen LogP contribution in [0, 0.1) is 0 Å². The molecule has 108 valence electrons. The third-order valence-electron chi connectivity index (χ3n) is 2.91. The lowest BCUT2D eigenvalue weighted by atomic mass is 10.1. The van der Waals surface area contributed by atoms with Gasteiger partial charge in [-0.2, -0.15) is 0 Å². The molecule has 1 unspecified atom stereocenters. The Morgan fingerprint density at radius 1 is 1.24 bits per heavy atom. The van der Waals surface area contributed by atoms with Crippen molar-refractivity contribution < 1.29 is 9.52 Å². The van der Waals surface area contributed by atoms with E-state index in [9.17, 15) is 5.11 Å². The minimum Gasteiger partial charge on any atom is -0.467 e. The van der Waals surface area contributed by atoms with Crippen molar-refractivity contribution in [2.24, 2.45) is 0 Å². The van der Waals surface area contributed by atoms with Crippen molar-refractivity contribution in [3.63, 3.8) is 0 Å². The monoisotopic (exact) mass is 302 g/mol. The van der Waals surface area contributed by atoms with E-state index in [4.69, 9.17) is 4.42 Å². The van der Waals surface area contributed by atoms with Crippen molar-refractivity contribution in [2.45, 2.75) is 12.5 Å². The summed E-state index contributed by atoms with van der Waals surface area (Å²) in [6, 6.07) is 9.22. The van der Waals surface area contributed by atoms with Gasteiger partial charge in [0, 0.05) is 12.8 Å². The predicted molar refractivity (Wildman–Crippen MR) is 79.9 cm³/mol. The van der Waals surface area contributed by atoms with Gasteiger partial charge >= 0.3 is 0 Å². The van der Waals surface area contributed by atoms with Gasteiger partial charge in [-0.05, 0) is 30.7 Å². The average molecular weight is 302 g/mol. The van der Waals surface area contributed by atoms with E-state index in [2.05, 4.69) is 20.5 Å². The van der Waals surface area contributed by atoms with Crippen LogP contribution in [0.25, 0.3) is 10.7 Å². The quantitative estimate of drug-likeness (QED) is 0.728. The van der Waals surface area contributed by atoms with Crippen molar-refractivity contribution in [1.82, 2.24) is 15.2 Å². The van der Waals surface area contributed by atoms with Gasteiger partial charge in [0.15, 0.2) is 5.01 Å². The molecule has 3 heterocycles. The Hall–Kier alpha value is -2.25. The van der Waals surface area contributed by atoms with Gasteiger partial charge < -0.3 is 14.8 Å². The summed E-state index contributed by atoms with van der Waals surface area (Å²) in [5.41, 5.74) is 0.791.